The van der Waals surface area contributed by atoms with Gasteiger partial charge in [0.15, 0.2) is 11.6 Å². The lowest BCUT2D eigenvalue weighted by atomic mass is 9.63. The summed E-state index contributed by atoms with van der Waals surface area (Å²) in [6.45, 7) is 11.6. The maximum atomic E-state index is 13.9. The van der Waals surface area contributed by atoms with E-state index in [1.165, 1.54) is 0 Å². The molecule has 3 aliphatic rings. The lowest BCUT2D eigenvalue weighted by molar-refractivity contribution is -0.119. The van der Waals surface area contributed by atoms with Crippen molar-refractivity contribution in [2.24, 2.45) is 10.8 Å². The highest BCUT2D eigenvalue weighted by atomic mass is 16.5. The first-order chi connectivity index (χ1) is 18.4. The van der Waals surface area contributed by atoms with Gasteiger partial charge in [-0.05, 0) is 54.4 Å². The van der Waals surface area contributed by atoms with Crippen LogP contribution in [0.1, 0.15) is 87.7 Å². The van der Waals surface area contributed by atoms with Gasteiger partial charge in [-0.15, -0.1) is 0 Å². The Morgan fingerprint density at radius 2 is 1.41 bits per heavy atom. The fourth-order valence-corrected chi connectivity index (χ4v) is 6.50. The van der Waals surface area contributed by atoms with Gasteiger partial charge in [0.1, 0.15) is 12.4 Å². The van der Waals surface area contributed by atoms with E-state index in [9.17, 15) is 19.5 Å². The predicted molar refractivity (Wildman–Crippen MR) is 149 cm³/mol. The van der Waals surface area contributed by atoms with Gasteiger partial charge in [0, 0.05) is 53.4 Å². The van der Waals surface area contributed by atoms with Crippen LogP contribution in [0, 0.1) is 10.8 Å². The molecule has 1 aliphatic heterocycles. The summed E-state index contributed by atoms with van der Waals surface area (Å²) in [5, 5.41) is 9.20. The SMILES string of the molecule is CCN1C2=C(C(=O)CC(C)(C)C2)C(c2ccccc2OCc2ccc(C(=O)O)cc2)C2=C1CC(C)(C)CC2=O. The third-order valence-corrected chi connectivity index (χ3v) is 8.16. The van der Waals surface area contributed by atoms with Gasteiger partial charge < -0.3 is 14.7 Å². The Labute approximate surface area is 230 Å². The molecule has 0 aromatic heterocycles. The van der Waals surface area contributed by atoms with E-state index in [1.807, 2.05) is 24.3 Å². The number of Topliss-reactive ketones (excluding diaryl/α,β-unsaturated/α-hetero) is 2. The van der Waals surface area contributed by atoms with Crippen molar-refractivity contribution in [3.63, 3.8) is 0 Å². The number of carbonyl (C=O) groups is 3. The van der Waals surface area contributed by atoms with Gasteiger partial charge in [-0.2, -0.15) is 0 Å². The summed E-state index contributed by atoms with van der Waals surface area (Å²) >= 11 is 0. The molecule has 0 unspecified atom stereocenters. The highest BCUT2D eigenvalue weighted by molar-refractivity contribution is 6.07. The summed E-state index contributed by atoms with van der Waals surface area (Å²) in [7, 11) is 0. The molecule has 0 atom stereocenters. The second kappa shape index (κ2) is 9.82. The van der Waals surface area contributed by atoms with Gasteiger partial charge in [-0.3, -0.25) is 9.59 Å². The summed E-state index contributed by atoms with van der Waals surface area (Å²) in [5.74, 6) is -0.597. The topological polar surface area (TPSA) is 83.9 Å². The van der Waals surface area contributed by atoms with Gasteiger partial charge >= 0.3 is 5.97 Å². The number of allylic oxidation sites excluding steroid dienone is 4. The van der Waals surface area contributed by atoms with E-state index in [1.54, 1.807) is 24.3 Å². The van der Waals surface area contributed by atoms with Crippen molar-refractivity contribution < 1.29 is 24.2 Å². The molecule has 204 valence electrons. The Balaban J connectivity index is 1.62. The first-order valence-electron chi connectivity index (χ1n) is 13.7. The van der Waals surface area contributed by atoms with Crippen LogP contribution in [-0.2, 0) is 16.2 Å². The van der Waals surface area contributed by atoms with E-state index in [2.05, 4.69) is 39.5 Å². The van der Waals surface area contributed by atoms with Gasteiger partial charge in [0.05, 0.1) is 5.56 Å². The second-order valence-corrected chi connectivity index (χ2v) is 12.6. The van der Waals surface area contributed by atoms with Crippen LogP contribution in [0.3, 0.4) is 0 Å². The molecule has 2 aliphatic carbocycles. The van der Waals surface area contributed by atoms with Crippen LogP contribution in [0.15, 0.2) is 71.1 Å². The molecule has 6 heteroatoms. The van der Waals surface area contributed by atoms with E-state index in [-0.39, 0.29) is 34.6 Å². The van der Waals surface area contributed by atoms with Crippen LogP contribution in [0.2, 0.25) is 0 Å². The van der Waals surface area contributed by atoms with Crippen molar-refractivity contribution in [1.29, 1.82) is 0 Å². The van der Waals surface area contributed by atoms with Crippen LogP contribution < -0.4 is 4.74 Å². The number of rotatable bonds is 6. The molecule has 0 amide bonds. The summed E-state index contributed by atoms with van der Waals surface area (Å²) in [6, 6.07) is 14.3. The van der Waals surface area contributed by atoms with Crippen LogP contribution in [0.4, 0.5) is 0 Å². The van der Waals surface area contributed by atoms with E-state index < -0.39 is 11.9 Å². The van der Waals surface area contributed by atoms with Crippen molar-refractivity contribution in [2.45, 2.75) is 72.8 Å². The predicted octanol–water partition coefficient (Wildman–Crippen LogP) is 6.67. The van der Waals surface area contributed by atoms with Crippen molar-refractivity contribution in [2.75, 3.05) is 6.54 Å². The highest BCUT2D eigenvalue weighted by Crippen LogP contribution is 2.55. The number of ether oxygens (including phenoxy) is 1. The molecule has 0 bridgehead atoms. The molecular weight excluding hydrogens is 490 g/mol. The van der Waals surface area contributed by atoms with Crippen LogP contribution in [-0.4, -0.2) is 34.1 Å². The zero-order chi connectivity index (χ0) is 28.1. The third kappa shape index (κ3) is 5.05. The number of ketones is 2. The van der Waals surface area contributed by atoms with Gasteiger partial charge in [-0.25, -0.2) is 4.79 Å². The second-order valence-electron chi connectivity index (χ2n) is 12.6. The number of carbonyl (C=O) groups excluding carboxylic acids is 2. The number of benzene rings is 2. The fourth-order valence-electron chi connectivity index (χ4n) is 6.50. The summed E-state index contributed by atoms with van der Waals surface area (Å²) in [6.07, 6.45) is 2.45. The molecule has 2 aromatic rings. The molecule has 1 heterocycles. The zero-order valence-corrected chi connectivity index (χ0v) is 23.5. The average Bonchev–Trinajstić information content (AvgIpc) is 2.85. The number of para-hydroxylation sites is 1. The molecule has 5 rings (SSSR count). The monoisotopic (exact) mass is 527 g/mol. The summed E-state index contributed by atoms with van der Waals surface area (Å²) < 4.78 is 6.31. The minimum atomic E-state index is -0.972. The number of nitrogens with zero attached hydrogens (tertiary/aromatic N) is 1. The van der Waals surface area contributed by atoms with Crippen molar-refractivity contribution in [1.82, 2.24) is 4.90 Å². The molecule has 0 spiro atoms. The van der Waals surface area contributed by atoms with Gasteiger partial charge in [-0.1, -0.05) is 58.0 Å². The molecule has 1 N–H and O–H groups in total. The minimum Gasteiger partial charge on any atom is -0.489 e. The molecule has 0 fully saturated rings. The number of hydrogen-bond acceptors (Lipinski definition) is 5. The lowest BCUT2D eigenvalue weighted by Gasteiger charge is -2.49. The summed E-state index contributed by atoms with van der Waals surface area (Å²) in [5.41, 5.74) is 5.15. The number of carboxylic acid groups (broad SMARTS) is 1. The third-order valence-electron chi connectivity index (χ3n) is 8.16. The zero-order valence-electron chi connectivity index (χ0n) is 23.5. The quantitative estimate of drug-likeness (QED) is 0.452. The molecular formula is C33H37NO5. The van der Waals surface area contributed by atoms with Crippen LogP contribution in [0.25, 0.3) is 0 Å². The van der Waals surface area contributed by atoms with Crippen LogP contribution in [0.5, 0.6) is 5.75 Å². The fraction of sp³-hybridized carbons (Fsp3) is 0.424. The number of hydrogen-bond donors (Lipinski definition) is 1. The standard InChI is InChI=1S/C33H37NO5/c1-6-34-23-15-32(2,3)17-25(35)29(23)28(30-24(34)16-33(4,5)18-26(30)36)22-9-7-8-10-27(22)39-19-20-11-13-21(14-12-20)31(37)38/h7-14,28H,6,15-19H2,1-5H3,(H,37,38). The molecule has 6 nitrogen and oxygen atoms in total. The van der Waals surface area contributed by atoms with Crippen molar-refractivity contribution >= 4 is 17.5 Å². The van der Waals surface area contributed by atoms with Crippen molar-refractivity contribution in [3.05, 3.63) is 87.8 Å². The molecule has 0 saturated carbocycles. The molecule has 0 saturated heterocycles. The molecule has 39 heavy (non-hydrogen) atoms. The molecule has 2 aromatic carbocycles. The Kier molecular flexibility index (Phi) is 6.78. The average molecular weight is 528 g/mol. The van der Waals surface area contributed by atoms with E-state index >= 15 is 0 Å². The number of carboxylic acids is 1. The number of aromatic carboxylic acids is 1. The maximum absolute atomic E-state index is 13.9. The normalized spacial score (nSPS) is 20.6. The van der Waals surface area contributed by atoms with Crippen LogP contribution >= 0.6 is 0 Å². The Hall–Kier alpha value is -3.67. The Bertz CT molecular complexity index is 1360. The smallest absolute Gasteiger partial charge is 0.335 e. The largest absolute Gasteiger partial charge is 0.489 e. The van der Waals surface area contributed by atoms with E-state index in [4.69, 9.17) is 4.74 Å². The Morgan fingerprint density at radius 3 is 1.92 bits per heavy atom. The van der Waals surface area contributed by atoms with Gasteiger partial charge in [0.2, 0.25) is 0 Å². The molecule has 0 radical (unpaired) electrons. The van der Waals surface area contributed by atoms with E-state index in [0.717, 1.165) is 46.5 Å². The highest BCUT2D eigenvalue weighted by Gasteiger charge is 2.49. The Morgan fingerprint density at radius 1 is 0.872 bits per heavy atom. The minimum absolute atomic E-state index is 0.105. The van der Waals surface area contributed by atoms with Gasteiger partial charge in [0.25, 0.3) is 0 Å². The maximum Gasteiger partial charge on any atom is 0.335 e. The van der Waals surface area contributed by atoms with Crippen molar-refractivity contribution in [3.8, 4) is 5.75 Å². The summed E-state index contributed by atoms with van der Waals surface area (Å²) in [4.78, 5) is 41.2. The first-order valence-corrected chi connectivity index (χ1v) is 13.7. The lowest BCUT2D eigenvalue weighted by Crippen LogP contribution is -2.44. The first kappa shape index (κ1) is 26.9. The van der Waals surface area contributed by atoms with E-state index in [0.29, 0.717) is 25.1 Å².